The average Bonchev–Trinajstić information content (AvgIpc) is 2.42. The zero-order valence-corrected chi connectivity index (χ0v) is 16.1. The third-order valence-electron chi connectivity index (χ3n) is 2.73. The molecule has 1 heterocycles. The largest absolute Gasteiger partial charge is 0.444 e. The van der Waals surface area contributed by atoms with Gasteiger partial charge in [0.15, 0.2) is 0 Å². The Morgan fingerprint density at radius 2 is 1.80 bits per heavy atom. The van der Waals surface area contributed by atoms with E-state index in [0.29, 0.717) is 6.54 Å². The van der Waals surface area contributed by atoms with Crippen LogP contribution in [-0.2, 0) is 14.3 Å². The number of guanidine groups is 1. The van der Waals surface area contributed by atoms with Crippen LogP contribution in [0.3, 0.4) is 0 Å². The van der Waals surface area contributed by atoms with Crippen molar-refractivity contribution in [1.82, 2.24) is 10.4 Å². The van der Waals surface area contributed by atoms with Gasteiger partial charge in [-0.25, -0.2) is 14.7 Å². The lowest BCUT2D eigenvalue weighted by molar-refractivity contribution is -0.132. The fourth-order valence-electron chi connectivity index (χ4n) is 1.81. The van der Waals surface area contributed by atoms with E-state index in [-0.39, 0.29) is 12.1 Å². The van der Waals surface area contributed by atoms with Crippen molar-refractivity contribution in [2.24, 2.45) is 4.99 Å². The highest BCUT2D eigenvalue weighted by Gasteiger charge is 2.25. The molecular formula is C17H29N3O5. The van der Waals surface area contributed by atoms with Crippen molar-refractivity contribution in [2.45, 2.75) is 72.2 Å². The van der Waals surface area contributed by atoms with E-state index in [9.17, 15) is 9.59 Å². The average molecular weight is 355 g/mol. The van der Waals surface area contributed by atoms with E-state index in [1.807, 2.05) is 19.1 Å². The number of ether oxygens (including phenoxy) is 2. The molecule has 1 aliphatic heterocycles. The Morgan fingerprint density at radius 3 is 2.32 bits per heavy atom. The second-order valence-corrected chi connectivity index (χ2v) is 7.58. The molecule has 1 N–H and O–H groups in total. The number of aliphatic imine (C=N–C) groups is 1. The van der Waals surface area contributed by atoms with Gasteiger partial charge in [0, 0.05) is 0 Å². The topological polar surface area (TPSA) is 89.5 Å². The summed E-state index contributed by atoms with van der Waals surface area (Å²) in [5.41, 5.74) is -1.39. The molecular weight excluding hydrogens is 326 g/mol. The first kappa shape index (κ1) is 21.0. The Hall–Kier alpha value is -2.09. The summed E-state index contributed by atoms with van der Waals surface area (Å²) in [6, 6.07) is 0. The molecule has 0 aromatic carbocycles. The number of carbonyl (C=O) groups is 2. The molecule has 0 aromatic rings. The van der Waals surface area contributed by atoms with Crippen LogP contribution < -0.4 is 5.32 Å². The van der Waals surface area contributed by atoms with Gasteiger partial charge in [0.2, 0.25) is 5.96 Å². The standard InChI is InChI=1S/C17H29N3O5/c1-8-12-10-9-11-20(25-12)13(18-14(21)23-16(2,3)4)19-15(22)24-17(5,6)7/h9-10,12H,8,11H2,1-7H3,(H,18,19,21,22). The maximum absolute atomic E-state index is 12.1. The molecule has 0 aromatic heterocycles. The molecule has 8 heteroatoms. The normalized spacial score (nSPS) is 18.8. The molecule has 2 amide bonds. The summed E-state index contributed by atoms with van der Waals surface area (Å²) in [6.07, 6.45) is 2.79. The van der Waals surface area contributed by atoms with E-state index >= 15 is 0 Å². The predicted octanol–water partition coefficient (Wildman–Crippen LogP) is 3.38. The predicted molar refractivity (Wildman–Crippen MR) is 94.0 cm³/mol. The molecule has 0 bridgehead atoms. The molecule has 1 atom stereocenters. The van der Waals surface area contributed by atoms with Gasteiger partial charge < -0.3 is 9.47 Å². The number of carbonyl (C=O) groups excluding carboxylic acids is 2. The number of hydrogen-bond donors (Lipinski definition) is 1. The van der Waals surface area contributed by atoms with E-state index < -0.39 is 23.4 Å². The van der Waals surface area contributed by atoms with Crippen LogP contribution in [0.15, 0.2) is 17.1 Å². The van der Waals surface area contributed by atoms with Gasteiger partial charge in [-0.15, -0.1) is 4.99 Å². The van der Waals surface area contributed by atoms with Gasteiger partial charge in [0.05, 0.1) is 6.54 Å². The minimum absolute atomic E-state index is 0.0775. The minimum atomic E-state index is -0.829. The molecule has 8 nitrogen and oxygen atoms in total. The van der Waals surface area contributed by atoms with Crippen molar-refractivity contribution in [3.8, 4) is 0 Å². The van der Waals surface area contributed by atoms with Crippen molar-refractivity contribution >= 4 is 18.1 Å². The zero-order valence-electron chi connectivity index (χ0n) is 16.1. The molecule has 0 radical (unpaired) electrons. The summed E-state index contributed by atoms with van der Waals surface area (Å²) in [5.74, 6) is -0.0775. The van der Waals surface area contributed by atoms with Gasteiger partial charge in [0.1, 0.15) is 17.3 Å². The lowest BCUT2D eigenvalue weighted by Gasteiger charge is -2.30. The number of amides is 2. The van der Waals surface area contributed by atoms with Gasteiger partial charge >= 0.3 is 12.2 Å². The van der Waals surface area contributed by atoms with Crippen LogP contribution in [-0.4, -0.2) is 47.1 Å². The number of nitrogens with one attached hydrogen (secondary N) is 1. The van der Waals surface area contributed by atoms with Crippen LogP contribution in [0, 0.1) is 0 Å². The molecule has 142 valence electrons. The van der Waals surface area contributed by atoms with E-state index in [2.05, 4.69) is 10.3 Å². The highest BCUT2D eigenvalue weighted by molar-refractivity contribution is 5.98. The third kappa shape index (κ3) is 8.53. The van der Waals surface area contributed by atoms with Crippen molar-refractivity contribution in [1.29, 1.82) is 0 Å². The van der Waals surface area contributed by atoms with Gasteiger partial charge in [-0.2, -0.15) is 0 Å². The summed E-state index contributed by atoms with van der Waals surface area (Å²) in [5, 5.41) is 3.79. The number of rotatable bonds is 1. The summed E-state index contributed by atoms with van der Waals surface area (Å²) in [4.78, 5) is 33.6. The Kier molecular flexibility index (Phi) is 6.98. The second kappa shape index (κ2) is 8.33. The molecule has 25 heavy (non-hydrogen) atoms. The molecule has 0 aliphatic carbocycles. The molecule has 0 spiro atoms. The van der Waals surface area contributed by atoms with E-state index in [0.717, 1.165) is 6.42 Å². The van der Waals surface area contributed by atoms with Gasteiger partial charge in [-0.1, -0.05) is 19.1 Å². The number of hydroxylamine groups is 2. The van der Waals surface area contributed by atoms with Gasteiger partial charge in [0.25, 0.3) is 0 Å². The first-order valence-electron chi connectivity index (χ1n) is 8.32. The van der Waals surface area contributed by atoms with Crippen molar-refractivity contribution in [3.63, 3.8) is 0 Å². The third-order valence-corrected chi connectivity index (χ3v) is 2.73. The van der Waals surface area contributed by atoms with Crippen molar-refractivity contribution in [3.05, 3.63) is 12.2 Å². The van der Waals surface area contributed by atoms with E-state index in [1.54, 1.807) is 41.5 Å². The minimum Gasteiger partial charge on any atom is -0.444 e. The fourth-order valence-corrected chi connectivity index (χ4v) is 1.81. The molecule has 1 unspecified atom stereocenters. The van der Waals surface area contributed by atoms with E-state index in [4.69, 9.17) is 14.3 Å². The van der Waals surface area contributed by atoms with Crippen LogP contribution in [0.25, 0.3) is 0 Å². The number of hydrogen-bond acceptors (Lipinski definition) is 5. The molecule has 0 saturated carbocycles. The Bertz CT molecular complexity index is 543. The fraction of sp³-hybridized carbons (Fsp3) is 0.706. The second-order valence-electron chi connectivity index (χ2n) is 7.58. The first-order chi connectivity index (χ1) is 11.4. The van der Waals surface area contributed by atoms with Gasteiger partial charge in [-0.3, -0.25) is 10.2 Å². The quantitative estimate of drug-likeness (QED) is 0.440. The van der Waals surface area contributed by atoms with E-state index in [1.165, 1.54) is 5.06 Å². The summed E-state index contributed by atoms with van der Waals surface area (Å²) in [7, 11) is 0. The Morgan fingerprint density at radius 1 is 1.20 bits per heavy atom. The lowest BCUT2D eigenvalue weighted by atomic mass is 10.2. The molecule has 0 saturated heterocycles. The maximum Gasteiger partial charge on any atom is 0.437 e. The van der Waals surface area contributed by atoms with Crippen molar-refractivity contribution < 1.29 is 23.9 Å². The summed E-state index contributed by atoms with van der Waals surface area (Å²) in [6.45, 7) is 12.7. The van der Waals surface area contributed by atoms with Crippen LogP contribution in [0.5, 0.6) is 0 Å². The molecule has 1 rings (SSSR count). The van der Waals surface area contributed by atoms with Crippen molar-refractivity contribution in [2.75, 3.05) is 6.54 Å². The summed E-state index contributed by atoms with van der Waals surface area (Å²) >= 11 is 0. The maximum atomic E-state index is 12.1. The highest BCUT2D eigenvalue weighted by Crippen LogP contribution is 2.13. The Balaban J connectivity index is 2.95. The zero-order chi connectivity index (χ0) is 19.3. The summed E-state index contributed by atoms with van der Waals surface area (Å²) < 4.78 is 10.4. The highest BCUT2D eigenvalue weighted by atomic mass is 16.7. The van der Waals surface area contributed by atoms with Crippen LogP contribution in [0.4, 0.5) is 9.59 Å². The molecule has 0 fully saturated rings. The van der Waals surface area contributed by atoms with Crippen LogP contribution >= 0.6 is 0 Å². The Labute approximate surface area is 149 Å². The first-order valence-corrected chi connectivity index (χ1v) is 8.32. The van der Waals surface area contributed by atoms with Crippen LogP contribution in [0.1, 0.15) is 54.9 Å². The monoisotopic (exact) mass is 355 g/mol. The SMILES string of the molecule is CCC1C=CCN(/C(=N\C(=O)OC(C)(C)C)NC(=O)OC(C)(C)C)O1. The van der Waals surface area contributed by atoms with Gasteiger partial charge in [-0.05, 0) is 48.0 Å². The lowest BCUT2D eigenvalue weighted by Crippen LogP contribution is -2.48. The van der Waals surface area contributed by atoms with Crippen LogP contribution in [0.2, 0.25) is 0 Å². The smallest absolute Gasteiger partial charge is 0.437 e. The number of nitrogens with zero attached hydrogens (tertiary/aromatic N) is 2. The molecule has 1 aliphatic rings. The number of alkyl carbamates (subject to hydrolysis) is 1.